The van der Waals surface area contributed by atoms with Gasteiger partial charge in [0.1, 0.15) is 11.6 Å². The van der Waals surface area contributed by atoms with Gasteiger partial charge in [0.05, 0.1) is 11.4 Å². The van der Waals surface area contributed by atoms with Gasteiger partial charge in [0.25, 0.3) is 0 Å². The molecule has 0 bridgehead atoms. The zero-order valence-corrected chi connectivity index (χ0v) is 14.7. The fraction of sp³-hybridized carbons (Fsp3) is 0.368. The zero-order valence-electron chi connectivity index (χ0n) is 14.7. The molecule has 2 aliphatic rings. The number of fused-ring (bicyclic) bond motifs is 2. The highest BCUT2D eigenvalue weighted by molar-refractivity contribution is 5.67. The fourth-order valence-electron chi connectivity index (χ4n) is 3.81. The minimum atomic E-state index is -0.237. The van der Waals surface area contributed by atoms with Crippen molar-refractivity contribution in [1.82, 2.24) is 24.8 Å². The van der Waals surface area contributed by atoms with E-state index < -0.39 is 0 Å². The number of nitrogens with zero attached hydrogens (tertiary/aromatic N) is 5. The van der Waals surface area contributed by atoms with E-state index in [4.69, 9.17) is 10.1 Å². The lowest BCUT2D eigenvalue weighted by Gasteiger charge is -2.34. The molecule has 7 heteroatoms. The number of hydrogen-bond acceptors (Lipinski definition) is 5. The van der Waals surface area contributed by atoms with Crippen LogP contribution in [0.15, 0.2) is 30.3 Å². The van der Waals surface area contributed by atoms with E-state index >= 15 is 0 Å². The molecule has 0 unspecified atom stereocenters. The van der Waals surface area contributed by atoms with Gasteiger partial charge in [0, 0.05) is 56.5 Å². The van der Waals surface area contributed by atoms with Gasteiger partial charge in [-0.05, 0) is 31.3 Å². The highest BCUT2D eigenvalue weighted by Gasteiger charge is 2.26. The Bertz CT molecular complexity index is 956. The molecule has 5 rings (SSSR count). The van der Waals surface area contributed by atoms with Crippen LogP contribution < -0.4 is 10.2 Å². The van der Waals surface area contributed by atoms with Crippen molar-refractivity contribution in [2.24, 2.45) is 0 Å². The van der Waals surface area contributed by atoms with Crippen LogP contribution in [0.1, 0.15) is 11.3 Å². The third kappa shape index (κ3) is 2.55. The minimum absolute atomic E-state index is 0.237. The number of rotatable bonds is 2. The first-order valence-corrected chi connectivity index (χ1v) is 9.01. The summed E-state index contributed by atoms with van der Waals surface area (Å²) in [4.78, 5) is 9.58. The van der Waals surface area contributed by atoms with Crippen LogP contribution in [-0.2, 0) is 13.1 Å². The largest absolute Gasteiger partial charge is 0.354 e. The Hall–Kier alpha value is -2.51. The van der Waals surface area contributed by atoms with E-state index in [-0.39, 0.29) is 5.82 Å². The first-order valence-electron chi connectivity index (χ1n) is 9.01. The molecule has 1 aromatic carbocycles. The van der Waals surface area contributed by atoms with Crippen molar-refractivity contribution in [3.8, 4) is 11.3 Å². The van der Waals surface area contributed by atoms with Gasteiger partial charge in [-0.25, -0.2) is 9.37 Å². The molecule has 2 aromatic heterocycles. The summed E-state index contributed by atoms with van der Waals surface area (Å²) in [6.45, 7) is 5.66. The second-order valence-corrected chi connectivity index (χ2v) is 7.06. The van der Waals surface area contributed by atoms with E-state index in [1.807, 2.05) is 10.6 Å². The topological polar surface area (TPSA) is 48.7 Å². The van der Waals surface area contributed by atoms with E-state index in [0.29, 0.717) is 0 Å². The molecule has 6 nitrogen and oxygen atoms in total. The molecule has 2 aliphatic heterocycles. The number of aromatic nitrogens is 3. The van der Waals surface area contributed by atoms with Crippen LogP contribution >= 0.6 is 0 Å². The summed E-state index contributed by atoms with van der Waals surface area (Å²) in [6, 6.07) is 8.46. The Morgan fingerprint density at radius 2 is 1.81 bits per heavy atom. The minimum Gasteiger partial charge on any atom is -0.354 e. The average molecular weight is 352 g/mol. The third-order valence-electron chi connectivity index (χ3n) is 5.30. The van der Waals surface area contributed by atoms with Gasteiger partial charge >= 0.3 is 0 Å². The molecule has 0 spiro atoms. The molecule has 0 saturated carbocycles. The predicted molar refractivity (Wildman–Crippen MR) is 98.6 cm³/mol. The number of anilines is 1. The maximum atomic E-state index is 13.2. The number of benzene rings is 1. The van der Waals surface area contributed by atoms with Gasteiger partial charge in [-0.15, -0.1) is 0 Å². The summed E-state index contributed by atoms with van der Waals surface area (Å²) in [5.74, 6) is 0.912. The summed E-state index contributed by atoms with van der Waals surface area (Å²) in [6.07, 6.45) is 0. The van der Waals surface area contributed by atoms with Gasteiger partial charge < -0.3 is 15.1 Å². The lowest BCUT2D eigenvalue weighted by atomic mass is 10.1. The van der Waals surface area contributed by atoms with Gasteiger partial charge in [-0.2, -0.15) is 9.61 Å². The second kappa shape index (κ2) is 6.03. The Kier molecular flexibility index (Phi) is 3.65. The molecule has 0 atom stereocenters. The average Bonchev–Trinajstić information content (AvgIpc) is 3.27. The van der Waals surface area contributed by atoms with Gasteiger partial charge in [-0.3, -0.25) is 0 Å². The first-order chi connectivity index (χ1) is 12.7. The Labute approximate surface area is 151 Å². The van der Waals surface area contributed by atoms with Crippen LogP contribution in [0, 0.1) is 5.82 Å². The number of nitrogens with one attached hydrogen (secondary N) is 1. The number of likely N-dealkylation sites (N-methyl/N-ethyl adjacent to an activating group) is 1. The van der Waals surface area contributed by atoms with E-state index in [9.17, 15) is 4.39 Å². The van der Waals surface area contributed by atoms with Crippen LogP contribution in [0.2, 0.25) is 0 Å². The van der Waals surface area contributed by atoms with Crippen LogP contribution in [0.5, 0.6) is 0 Å². The van der Waals surface area contributed by atoms with Crippen molar-refractivity contribution in [1.29, 1.82) is 0 Å². The van der Waals surface area contributed by atoms with E-state index in [0.717, 1.165) is 67.7 Å². The van der Waals surface area contributed by atoms with E-state index in [1.165, 1.54) is 17.7 Å². The third-order valence-corrected chi connectivity index (χ3v) is 5.30. The van der Waals surface area contributed by atoms with Crippen molar-refractivity contribution in [3.05, 3.63) is 47.4 Å². The van der Waals surface area contributed by atoms with Crippen molar-refractivity contribution < 1.29 is 4.39 Å². The van der Waals surface area contributed by atoms with Crippen molar-refractivity contribution >= 4 is 11.5 Å². The number of hydrogen-bond donors (Lipinski definition) is 1. The normalized spacial score (nSPS) is 17.8. The van der Waals surface area contributed by atoms with Crippen molar-refractivity contribution in [2.45, 2.75) is 13.1 Å². The zero-order chi connectivity index (χ0) is 17.7. The van der Waals surface area contributed by atoms with Crippen LogP contribution in [0.3, 0.4) is 0 Å². The molecule has 0 aliphatic carbocycles. The standard InChI is InChI=1S/C19H21FN6/c1-24-6-8-25(9-7-24)19-15-11-21-12-17(15)22-18-10-16(23-26(18)19)13-2-4-14(20)5-3-13/h2-5,10,21H,6-9,11-12H2,1H3. The molecule has 1 N–H and O–H groups in total. The maximum absolute atomic E-state index is 13.2. The molecule has 26 heavy (non-hydrogen) atoms. The molecule has 1 fully saturated rings. The Morgan fingerprint density at radius 1 is 1.04 bits per heavy atom. The summed E-state index contributed by atoms with van der Waals surface area (Å²) >= 11 is 0. The summed E-state index contributed by atoms with van der Waals surface area (Å²) < 4.78 is 15.2. The van der Waals surface area contributed by atoms with Crippen molar-refractivity contribution in [3.63, 3.8) is 0 Å². The smallest absolute Gasteiger partial charge is 0.158 e. The Morgan fingerprint density at radius 3 is 2.58 bits per heavy atom. The molecule has 4 heterocycles. The summed E-state index contributed by atoms with van der Waals surface area (Å²) in [5, 5.41) is 8.24. The molecular weight excluding hydrogens is 331 g/mol. The van der Waals surface area contributed by atoms with Crippen LogP contribution in [0.4, 0.5) is 10.2 Å². The van der Waals surface area contributed by atoms with Gasteiger partial charge in [-0.1, -0.05) is 0 Å². The van der Waals surface area contributed by atoms with Gasteiger partial charge in [0.15, 0.2) is 5.65 Å². The highest BCUT2D eigenvalue weighted by atomic mass is 19.1. The first kappa shape index (κ1) is 15.7. The van der Waals surface area contributed by atoms with Crippen LogP contribution in [0.25, 0.3) is 16.9 Å². The maximum Gasteiger partial charge on any atom is 0.158 e. The quantitative estimate of drug-likeness (QED) is 0.763. The predicted octanol–water partition coefficient (Wildman–Crippen LogP) is 1.89. The summed E-state index contributed by atoms with van der Waals surface area (Å²) in [7, 11) is 2.16. The monoisotopic (exact) mass is 352 g/mol. The lowest BCUT2D eigenvalue weighted by Crippen LogP contribution is -2.45. The van der Waals surface area contributed by atoms with Crippen LogP contribution in [-0.4, -0.2) is 52.7 Å². The molecular formula is C19H21FN6. The molecule has 3 aromatic rings. The van der Waals surface area contributed by atoms with Crippen molar-refractivity contribution in [2.75, 3.05) is 38.1 Å². The number of piperazine rings is 1. The molecule has 0 radical (unpaired) electrons. The lowest BCUT2D eigenvalue weighted by molar-refractivity contribution is 0.311. The van der Waals surface area contributed by atoms with E-state index in [2.05, 4.69) is 22.2 Å². The molecule has 134 valence electrons. The fourth-order valence-corrected chi connectivity index (χ4v) is 3.81. The molecule has 0 amide bonds. The number of halogens is 1. The summed E-state index contributed by atoms with van der Waals surface area (Å²) in [5.41, 5.74) is 4.93. The highest BCUT2D eigenvalue weighted by Crippen LogP contribution is 2.30. The van der Waals surface area contributed by atoms with E-state index in [1.54, 1.807) is 12.1 Å². The SMILES string of the molecule is CN1CCN(c2c3c(nc4cc(-c5ccc(F)cc5)nn24)CNC3)CC1. The second-order valence-electron chi connectivity index (χ2n) is 7.06. The van der Waals surface area contributed by atoms with Gasteiger partial charge in [0.2, 0.25) is 0 Å². The molecule has 1 saturated heterocycles. The Balaban J connectivity index is 1.65.